The van der Waals surface area contributed by atoms with Gasteiger partial charge in [0.15, 0.2) is 5.96 Å². The van der Waals surface area contributed by atoms with Gasteiger partial charge in [-0.25, -0.2) is 0 Å². The van der Waals surface area contributed by atoms with E-state index in [0.717, 1.165) is 19.8 Å². The van der Waals surface area contributed by atoms with E-state index in [4.69, 9.17) is 25.8 Å². The Hall–Kier alpha value is -1.79. The van der Waals surface area contributed by atoms with Crippen LogP contribution in [0.2, 0.25) is 0 Å². The predicted octanol–water partition coefficient (Wildman–Crippen LogP) is 0.246. The molecular weight excluding hydrogens is 238 g/mol. The van der Waals surface area contributed by atoms with Gasteiger partial charge in [0.05, 0.1) is 12.5 Å². The third kappa shape index (κ3) is 6.72. The number of esters is 1. The molecule has 1 saturated heterocycles. The SMILES string of the molecule is CC(=O)O.CCOC(=O)C1CCN(C(=N)N)CC1. The lowest BCUT2D eigenvalue weighted by molar-refractivity contribution is -0.149. The number of carboxylic acid groups (broad SMARTS) is 1. The highest BCUT2D eigenvalue weighted by Crippen LogP contribution is 2.17. The van der Waals surface area contributed by atoms with E-state index in [0.29, 0.717) is 19.7 Å². The molecule has 7 nitrogen and oxygen atoms in total. The van der Waals surface area contributed by atoms with Gasteiger partial charge in [0.1, 0.15) is 0 Å². The van der Waals surface area contributed by atoms with Gasteiger partial charge < -0.3 is 20.5 Å². The number of carbonyl (C=O) groups is 2. The minimum absolute atomic E-state index is 0.00875. The van der Waals surface area contributed by atoms with Crippen LogP contribution in [0.5, 0.6) is 0 Å². The summed E-state index contributed by atoms with van der Waals surface area (Å²) in [4.78, 5) is 22.1. The van der Waals surface area contributed by atoms with Gasteiger partial charge >= 0.3 is 5.97 Å². The molecule has 0 aromatic carbocycles. The topological polar surface area (TPSA) is 117 Å². The molecule has 0 atom stereocenters. The average Bonchev–Trinajstić information content (AvgIpc) is 2.28. The van der Waals surface area contributed by atoms with E-state index in [-0.39, 0.29) is 17.8 Å². The smallest absolute Gasteiger partial charge is 0.309 e. The maximum absolute atomic E-state index is 11.3. The quantitative estimate of drug-likeness (QED) is 0.371. The van der Waals surface area contributed by atoms with E-state index in [9.17, 15) is 4.79 Å². The number of rotatable bonds is 2. The Morgan fingerprint density at radius 3 is 2.22 bits per heavy atom. The summed E-state index contributed by atoms with van der Waals surface area (Å²) in [7, 11) is 0. The first-order valence-electron chi connectivity index (χ1n) is 5.83. The van der Waals surface area contributed by atoms with E-state index in [1.165, 1.54) is 0 Å². The van der Waals surface area contributed by atoms with E-state index >= 15 is 0 Å². The summed E-state index contributed by atoms with van der Waals surface area (Å²) in [5, 5.41) is 14.6. The van der Waals surface area contributed by atoms with E-state index in [1.54, 1.807) is 4.90 Å². The molecule has 0 radical (unpaired) electrons. The number of likely N-dealkylation sites (tertiary alicyclic amines) is 1. The van der Waals surface area contributed by atoms with Crippen LogP contribution in [-0.4, -0.2) is 47.6 Å². The van der Waals surface area contributed by atoms with Gasteiger partial charge in [-0.05, 0) is 19.8 Å². The molecule has 104 valence electrons. The van der Waals surface area contributed by atoms with Crippen LogP contribution in [0.25, 0.3) is 0 Å². The first-order chi connectivity index (χ1) is 8.38. The largest absolute Gasteiger partial charge is 0.481 e. The van der Waals surface area contributed by atoms with Gasteiger partial charge in [0, 0.05) is 20.0 Å². The van der Waals surface area contributed by atoms with Crippen molar-refractivity contribution in [3.8, 4) is 0 Å². The summed E-state index contributed by atoms with van der Waals surface area (Å²) < 4.78 is 4.93. The number of nitrogens with two attached hydrogens (primary N) is 1. The van der Waals surface area contributed by atoms with Crippen LogP contribution in [0.1, 0.15) is 26.7 Å². The zero-order chi connectivity index (χ0) is 14.1. The lowest BCUT2D eigenvalue weighted by atomic mass is 9.97. The third-order valence-corrected chi connectivity index (χ3v) is 2.46. The number of aliphatic carboxylic acids is 1. The molecule has 0 bridgehead atoms. The Kier molecular flexibility index (Phi) is 7.50. The van der Waals surface area contributed by atoms with Crippen molar-refractivity contribution in [2.45, 2.75) is 26.7 Å². The molecule has 0 saturated carbocycles. The molecule has 1 fully saturated rings. The molecule has 1 aliphatic rings. The predicted molar refractivity (Wildman–Crippen MR) is 66.2 cm³/mol. The van der Waals surface area contributed by atoms with Gasteiger partial charge in [-0.2, -0.15) is 0 Å². The van der Waals surface area contributed by atoms with Crippen molar-refractivity contribution in [3.05, 3.63) is 0 Å². The number of piperidine rings is 1. The van der Waals surface area contributed by atoms with Crippen LogP contribution < -0.4 is 5.73 Å². The highest BCUT2D eigenvalue weighted by Gasteiger charge is 2.26. The standard InChI is InChI=1S/C9H17N3O2.C2H4O2/c1-2-14-8(13)7-3-5-12(6-4-7)9(10)11;1-2(3)4/h7H,2-6H2,1H3,(H3,10,11);1H3,(H,3,4). The summed E-state index contributed by atoms with van der Waals surface area (Å²) in [6, 6.07) is 0. The Morgan fingerprint density at radius 2 is 1.89 bits per heavy atom. The molecule has 18 heavy (non-hydrogen) atoms. The second-order valence-corrected chi connectivity index (χ2v) is 3.92. The lowest BCUT2D eigenvalue weighted by Gasteiger charge is -2.30. The number of guanidine groups is 1. The van der Waals surface area contributed by atoms with Crippen LogP contribution >= 0.6 is 0 Å². The minimum atomic E-state index is -0.833. The fourth-order valence-electron chi connectivity index (χ4n) is 1.62. The van der Waals surface area contributed by atoms with Gasteiger partial charge in [-0.1, -0.05) is 0 Å². The molecule has 7 heteroatoms. The maximum atomic E-state index is 11.3. The first-order valence-corrected chi connectivity index (χ1v) is 5.83. The van der Waals surface area contributed by atoms with Gasteiger partial charge in [-0.15, -0.1) is 0 Å². The summed E-state index contributed by atoms with van der Waals surface area (Å²) >= 11 is 0. The molecule has 0 aromatic heterocycles. The molecule has 4 N–H and O–H groups in total. The summed E-state index contributed by atoms with van der Waals surface area (Å²) in [6.45, 7) is 4.69. The number of hydrogen-bond donors (Lipinski definition) is 3. The van der Waals surface area contributed by atoms with Crippen LogP contribution in [0, 0.1) is 11.3 Å². The monoisotopic (exact) mass is 259 g/mol. The van der Waals surface area contributed by atoms with Gasteiger partial charge in [0.25, 0.3) is 5.97 Å². The molecule has 0 spiro atoms. The molecule has 1 rings (SSSR count). The zero-order valence-corrected chi connectivity index (χ0v) is 10.8. The van der Waals surface area contributed by atoms with Crippen molar-refractivity contribution in [2.75, 3.05) is 19.7 Å². The minimum Gasteiger partial charge on any atom is -0.481 e. The van der Waals surface area contributed by atoms with Gasteiger partial charge in [0.2, 0.25) is 0 Å². The van der Waals surface area contributed by atoms with Crippen LogP contribution in [0.3, 0.4) is 0 Å². The number of nitrogens with one attached hydrogen (secondary N) is 1. The van der Waals surface area contributed by atoms with E-state index < -0.39 is 5.97 Å². The third-order valence-electron chi connectivity index (χ3n) is 2.46. The van der Waals surface area contributed by atoms with Crippen molar-refractivity contribution in [1.82, 2.24) is 4.90 Å². The summed E-state index contributed by atoms with van der Waals surface area (Å²) in [5.74, 6) is -0.867. The number of carboxylic acids is 1. The van der Waals surface area contributed by atoms with E-state index in [1.807, 2.05) is 6.92 Å². The fraction of sp³-hybridized carbons (Fsp3) is 0.727. The number of hydrogen-bond acceptors (Lipinski definition) is 4. The fourth-order valence-corrected chi connectivity index (χ4v) is 1.62. The maximum Gasteiger partial charge on any atom is 0.309 e. The number of ether oxygens (including phenoxy) is 1. The van der Waals surface area contributed by atoms with Crippen molar-refractivity contribution >= 4 is 17.9 Å². The van der Waals surface area contributed by atoms with Crippen molar-refractivity contribution < 1.29 is 19.4 Å². The van der Waals surface area contributed by atoms with E-state index in [2.05, 4.69) is 0 Å². The molecular formula is C11H21N3O4. The highest BCUT2D eigenvalue weighted by atomic mass is 16.5. The van der Waals surface area contributed by atoms with Gasteiger partial charge in [-0.3, -0.25) is 15.0 Å². The second kappa shape index (κ2) is 8.32. The molecule has 1 heterocycles. The molecule has 0 amide bonds. The normalized spacial score (nSPS) is 15.3. The molecule has 1 aliphatic heterocycles. The molecule has 0 aromatic rings. The zero-order valence-electron chi connectivity index (χ0n) is 10.8. The number of carbonyl (C=O) groups excluding carboxylic acids is 1. The first kappa shape index (κ1) is 16.2. The summed E-state index contributed by atoms with van der Waals surface area (Å²) in [6.07, 6.45) is 1.47. The summed E-state index contributed by atoms with van der Waals surface area (Å²) in [5.41, 5.74) is 5.34. The molecule has 0 aliphatic carbocycles. The van der Waals surface area contributed by atoms with Crippen molar-refractivity contribution in [1.29, 1.82) is 5.41 Å². The Labute approximate surface area is 106 Å². The Balaban J connectivity index is 0.000000631. The van der Waals surface area contributed by atoms with Crippen LogP contribution in [-0.2, 0) is 14.3 Å². The highest BCUT2D eigenvalue weighted by molar-refractivity contribution is 5.76. The van der Waals surface area contributed by atoms with Crippen molar-refractivity contribution in [3.63, 3.8) is 0 Å². The van der Waals surface area contributed by atoms with Crippen molar-refractivity contribution in [2.24, 2.45) is 11.7 Å². The molecule has 0 unspecified atom stereocenters. The van der Waals surface area contributed by atoms with Crippen LogP contribution in [0.15, 0.2) is 0 Å². The second-order valence-electron chi connectivity index (χ2n) is 3.92. The lowest BCUT2D eigenvalue weighted by Crippen LogP contribution is -2.43. The van der Waals surface area contributed by atoms with Crippen LogP contribution in [0.4, 0.5) is 0 Å². The Bertz CT molecular complexity index is 295. The number of nitrogens with zero attached hydrogens (tertiary/aromatic N) is 1. The Morgan fingerprint density at radius 1 is 1.44 bits per heavy atom. The average molecular weight is 259 g/mol.